The molecule has 9 atom stereocenters. The number of carbonyl (C=O) groups excluding carboxylic acids is 3. The van der Waals surface area contributed by atoms with Crippen molar-refractivity contribution in [2.75, 3.05) is 13.7 Å². The molecule has 0 aromatic rings. The van der Waals surface area contributed by atoms with E-state index in [-0.39, 0.29) is 5.57 Å². The van der Waals surface area contributed by atoms with Crippen LogP contribution >= 0.6 is 0 Å². The summed E-state index contributed by atoms with van der Waals surface area (Å²) in [6, 6.07) is 0. The van der Waals surface area contributed by atoms with Crippen molar-refractivity contribution in [2.45, 2.75) is 70.3 Å². The van der Waals surface area contributed by atoms with Crippen LogP contribution in [0.4, 0.5) is 0 Å². The van der Waals surface area contributed by atoms with E-state index in [1.165, 1.54) is 6.92 Å². The van der Waals surface area contributed by atoms with Gasteiger partial charge in [0, 0.05) is 19.8 Å². The summed E-state index contributed by atoms with van der Waals surface area (Å²) in [7, 11) is 1.09. The van der Waals surface area contributed by atoms with Gasteiger partial charge in [-0.05, 0) is 6.92 Å². The van der Waals surface area contributed by atoms with Gasteiger partial charge in [0.05, 0.1) is 31.3 Å². The van der Waals surface area contributed by atoms with Crippen LogP contribution in [0.25, 0.3) is 0 Å². The largest absolute Gasteiger partial charge is 0.481 e. The summed E-state index contributed by atoms with van der Waals surface area (Å²) in [5.41, 5.74) is -0.146. The van der Waals surface area contributed by atoms with Gasteiger partial charge in [-0.25, -0.2) is 4.79 Å². The summed E-state index contributed by atoms with van der Waals surface area (Å²) in [6.07, 6.45) is -10.3. The number of esters is 3. The summed E-state index contributed by atoms with van der Waals surface area (Å²) in [6.45, 7) is 3.22. The van der Waals surface area contributed by atoms with Crippen molar-refractivity contribution in [1.82, 2.24) is 0 Å². The van der Waals surface area contributed by atoms with Crippen molar-refractivity contribution >= 4 is 23.9 Å². The van der Waals surface area contributed by atoms with E-state index in [0.717, 1.165) is 27.2 Å². The molecule has 2 heterocycles. The Balaban J connectivity index is 2.37. The van der Waals surface area contributed by atoms with Gasteiger partial charge in [0.2, 0.25) is 6.29 Å². The van der Waals surface area contributed by atoms with Gasteiger partial charge in [-0.15, -0.1) is 0 Å². The Hall–Kier alpha value is -2.78. The molecule has 35 heavy (non-hydrogen) atoms. The molecule has 1 fully saturated rings. The zero-order valence-electron chi connectivity index (χ0n) is 19.6. The number of ether oxygens (including phenoxy) is 6. The molecule has 14 nitrogen and oxygen atoms in total. The molecule has 14 heteroatoms. The molecule has 0 aliphatic carbocycles. The average Bonchev–Trinajstić information content (AvgIpc) is 2.77. The van der Waals surface area contributed by atoms with Gasteiger partial charge in [-0.2, -0.15) is 0 Å². The van der Waals surface area contributed by atoms with Gasteiger partial charge < -0.3 is 48.8 Å². The summed E-state index contributed by atoms with van der Waals surface area (Å²) < 4.78 is 31.4. The molecule has 4 N–H and O–H groups in total. The average molecular weight is 506 g/mol. The molecule has 1 saturated heterocycles. The Morgan fingerprint density at radius 2 is 1.69 bits per heavy atom. The van der Waals surface area contributed by atoms with E-state index in [1.807, 2.05) is 0 Å². The summed E-state index contributed by atoms with van der Waals surface area (Å²) in [5.74, 6) is -5.75. The standard InChI is InChI=1S/C21H30O14/c1-8(33-10(3)23)15-11(5-14(24)25)12(19(29)30-4)6-32-20(15)35-21-18(28)17(27)16(26)13(34-21)7-31-9(2)22/h6,8,11,13,15-18,20-21,26-28H,5,7H2,1-4H3,(H,24,25)/t8-,11?,13+,15?,16+,17-,18+,20?,21-/m0/s1. The Morgan fingerprint density at radius 3 is 2.23 bits per heavy atom. The predicted molar refractivity (Wildman–Crippen MR) is 110 cm³/mol. The van der Waals surface area contributed by atoms with Gasteiger partial charge in [0.25, 0.3) is 0 Å². The fraction of sp³-hybridized carbons (Fsp3) is 0.714. The molecule has 2 rings (SSSR count). The van der Waals surface area contributed by atoms with Crippen LogP contribution in [0.2, 0.25) is 0 Å². The summed E-state index contributed by atoms with van der Waals surface area (Å²) >= 11 is 0. The molecule has 0 radical (unpaired) electrons. The zero-order valence-corrected chi connectivity index (χ0v) is 19.6. The van der Waals surface area contributed by atoms with Crippen molar-refractivity contribution in [2.24, 2.45) is 11.8 Å². The number of aliphatic hydroxyl groups is 3. The van der Waals surface area contributed by atoms with Crippen LogP contribution in [0.1, 0.15) is 27.2 Å². The Morgan fingerprint density at radius 1 is 1.03 bits per heavy atom. The minimum Gasteiger partial charge on any atom is -0.481 e. The molecule has 0 aromatic carbocycles. The fourth-order valence-electron chi connectivity index (χ4n) is 3.98. The first kappa shape index (κ1) is 28.5. The lowest BCUT2D eigenvalue weighted by Crippen LogP contribution is -2.61. The fourth-order valence-corrected chi connectivity index (χ4v) is 3.98. The lowest BCUT2D eigenvalue weighted by atomic mass is 9.78. The van der Waals surface area contributed by atoms with Crippen molar-refractivity contribution < 1.29 is 68.0 Å². The van der Waals surface area contributed by atoms with Gasteiger partial charge >= 0.3 is 23.9 Å². The van der Waals surface area contributed by atoms with Crippen LogP contribution in [-0.2, 0) is 47.6 Å². The van der Waals surface area contributed by atoms with E-state index in [9.17, 15) is 39.6 Å². The SMILES string of the molecule is COC(=O)C1=COC(O[C@@H]2O[C@H](COC(C)=O)[C@@H](O)[C@H](O)[C@H]2O)C([C@H](C)OC(C)=O)C1CC(=O)O. The van der Waals surface area contributed by atoms with E-state index in [0.29, 0.717) is 0 Å². The van der Waals surface area contributed by atoms with Gasteiger partial charge in [-0.1, -0.05) is 0 Å². The Labute approximate surface area is 200 Å². The number of rotatable bonds is 9. The third-order valence-electron chi connectivity index (χ3n) is 5.60. The maximum atomic E-state index is 12.3. The van der Waals surface area contributed by atoms with E-state index in [2.05, 4.69) is 0 Å². The highest BCUT2D eigenvalue weighted by Crippen LogP contribution is 2.39. The molecule has 3 unspecified atom stereocenters. The van der Waals surface area contributed by atoms with E-state index in [1.54, 1.807) is 0 Å². The molecular formula is C21H30O14. The topological polar surface area (TPSA) is 205 Å². The number of aliphatic hydroxyl groups excluding tert-OH is 3. The second kappa shape index (κ2) is 12.3. The maximum absolute atomic E-state index is 12.3. The molecular weight excluding hydrogens is 476 g/mol. The second-order valence-corrected chi connectivity index (χ2v) is 8.12. The van der Waals surface area contributed by atoms with Crippen molar-refractivity contribution in [3.05, 3.63) is 11.8 Å². The van der Waals surface area contributed by atoms with E-state index >= 15 is 0 Å². The second-order valence-electron chi connectivity index (χ2n) is 8.12. The normalized spacial score (nSPS) is 33.5. The van der Waals surface area contributed by atoms with Crippen LogP contribution in [0, 0.1) is 11.8 Å². The van der Waals surface area contributed by atoms with Crippen LogP contribution in [0.15, 0.2) is 11.8 Å². The van der Waals surface area contributed by atoms with Crippen LogP contribution < -0.4 is 0 Å². The molecule has 0 amide bonds. The number of carboxylic acid groups (broad SMARTS) is 1. The third kappa shape index (κ3) is 7.11. The van der Waals surface area contributed by atoms with Crippen molar-refractivity contribution in [1.29, 1.82) is 0 Å². The number of carboxylic acids is 1. The van der Waals surface area contributed by atoms with Crippen LogP contribution in [0.3, 0.4) is 0 Å². The molecule has 2 aliphatic rings. The lowest BCUT2D eigenvalue weighted by molar-refractivity contribution is -0.345. The van der Waals surface area contributed by atoms with E-state index < -0.39 is 91.8 Å². The Bertz CT molecular complexity index is 825. The smallest absolute Gasteiger partial charge is 0.337 e. The van der Waals surface area contributed by atoms with Gasteiger partial charge in [0.15, 0.2) is 6.29 Å². The van der Waals surface area contributed by atoms with Gasteiger partial charge in [-0.3, -0.25) is 14.4 Å². The highest BCUT2D eigenvalue weighted by atomic mass is 16.8. The number of hydrogen-bond acceptors (Lipinski definition) is 13. The first-order valence-corrected chi connectivity index (χ1v) is 10.7. The molecule has 198 valence electrons. The lowest BCUT2D eigenvalue weighted by Gasteiger charge is -2.44. The number of methoxy groups -OCH3 is 1. The summed E-state index contributed by atoms with van der Waals surface area (Å²) in [4.78, 5) is 46.6. The molecule has 0 spiro atoms. The van der Waals surface area contributed by atoms with Crippen LogP contribution in [-0.4, -0.2) is 101 Å². The number of carbonyl (C=O) groups is 4. The molecule has 2 aliphatic heterocycles. The third-order valence-corrected chi connectivity index (χ3v) is 5.60. The minimum absolute atomic E-state index is 0.146. The first-order chi connectivity index (χ1) is 16.4. The minimum atomic E-state index is -1.80. The zero-order chi connectivity index (χ0) is 26.4. The highest BCUT2D eigenvalue weighted by Gasteiger charge is 2.50. The monoisotopic (exact) mass is 506 g/mol. The quantitative estimate of drug-likeness (QED) is 0.206. The Kier molecular flexibility index (Phi) is 9.97. The molecule has 0 aromatic heterocycles. The molecule has 0 saturated carbocycles. The van der Waals surface area contributed by atoms with Crippen molar-refractivity contribution in [3.63, 3.8) is 0 Å². The molecule has 0 bridgehead atoms. The first-order valence-electron chi connectivity index (χ1n) is 10.7. The summed E-state index contributed by atoms with van der Waals surface area (Å²) in [5, 5.41) is 40.2. The van der Waals surface area contributed by atoms with Crippen LogP contribution in [0.5, 0.6) is 0 Å². The van der Waals surface area contributed by atoms with Crippen molar-refractivity contribution in [3.8, 4) is 0 Å². The number of hydrogen-bond donors (Lipinski definition) is 4. The van der Waals surface area contributed by atoms with E-state index in [4.69, 9.17) is 28.4 Å². The maximum Gasteiger partial charge on any atom is 0.337 e. The highest BCUT2D eigenvalue weighted by molar-refractivity contribution is 5.89. The number of aliphatic carboxylic acids is 1. The van der Waals surface area contributed by atoms with Gasteiger partial charge in [0.1, 0.15) is 37.1 Å². The predicted octanol–water partition coefficient (Wildman–Crippen LogP) is -1.55.